The highest BCUT2D eigenvalue weighted by Gasteiger charge is 2.16. The third-order valence-corrected chi connectivity index (χ3v) is 4.46. The molecule has 2 heterocycles. The first-order chi connectivity index (χ1) is 11.3. The van der Waals surface area contributed by atoms with Gasteiger partial charge in [0.1, 0.15) is 0 Å². The zero-order valence-corrected chi connectivity index (χ0v) is 13.8. The Morgan fingerprint density at radius 3 is 2.96 bits per heavy atom. The van der Waals surface area contributed by atoms with Crippen LogP contribution in [0.1, 0.15) is 6.42 Å². The van der Waals surface area contributed by atoms with E-state index in [1.807, 2.05) is 34.7 Å². The van der Waals surface area contributed by atoms with Gasteiger partial charge in [0, 0.05) is 26.0 Å². The fraction of sp³-hybridized carbons (Fsp3) is 0.312. The summed E-state index contributed by atoms with van der Waals surface area (Å²) in [6.45, 7) is 4.88. The summed E-state index contributed by atoms with van der Waals surface area (Å²) < 4.78 is 8.70. The zero-order chi connectivity index (χ0) is 16.2. The van der Waals surface area contributed by atoms with Crippen molar-refractivity contribution in [2.24, 2.45) is 0 Å². The Morgan fingerprint density at radius 1 is 1.35 bits per heavy atom. The molecule has 0 radical (unpaired) electrons. The summed E-state index contributed by atoms with van der Waals surface area (Å²) in [5.41, 5.74) is 0.781. The van der Waals surface area contributed by atoms with Gasteiger partial charge >= 0.3 is 0 Å². The second-order valence-corrected chi connectivity index (χ2v) is 6.03. The summed E-state index contributed by atoms with van der Waals surface area (Å²) in [5, 5.41) is 9.92. The molecule has 0 aliphatic rings. The summed E-state index contributed by atoms with van der Waals surface area (Å²) in [4.78, 5) is 12.8. The van der Waals surface area contributed by atoms with Gasteiger partial charge in [0.05, 0.1) is 10.9 Å². The van der Waals surface area contributed by atoms with Gasteiger partial charge in [0.2, 0.25) is 5.78 Å². The van der Waals surface area contributed by atoms with E-state index in [1.54, 1.807) is 23.4 Å². The van der Waals surface area contributed by atoms with E-state index in [1.165, 1.54) is 0 Å². The Bertz CT molecular complexity index is 900. The number of para-hydroxylation sites is 1. The van der Waals surface area contributed by atoms with E-state index >= 15 is 0 Å². The minimum absolute atomic E-state index is 0.0446. The molecule has 0 atom stereocenters. The maximum atomic E-state index is 12.8. The lowest BCUT2D eigenvalue weighted by Crippen LogP contribution is -2.24. The number of ether oxygens (including phenoxy) is 1. The van der Waals surface area contributed by atoms with Crippen LogP contribution in [0.3, 0.4) is 0 Å². The molecule has 3 aromatic rings. The van der Waals surface area contributed by atoms with Gasteiger partial charge in [-0.1, -0.05) is 30.0 Å². The molecular formula is C16H18N4O2S. The minimum atomic E-state index is -0.0446. The Balaban J connectivity index is 2.24. The van der Waals surface area contributed by atoms with Crippen LogP contribution >= 0.6 is 11.8 Å². The summed E-state index contributed by atoms with van der Waals surface area (Å²) in [5.74, 6) is 1.30. The van der Waals surface area contributed by atoms with Crippen LogP contribution in [0.2, 0.25) is 0 Å². The molecule has 7 heteroatoms. The number of benzene rings is 1. The molecular weight excluding hydrogens is 312 g/mol. The normalized spacial score (nSPS) is 11.3. The first kappa shape index (κ1) is 15.8. The highest BCUT2D eigenvalue weighted by Crippen LogP contribution is 2.21. The second kappa shape index (κ2) is 6.97. The first-order valence-corrected chi connectivity index (χ1v) is 8.35. The SMILES string of the molecule is C=CCSc1nnc2n(CCCOC)c(=O)c3ccccc3n12. The van der Waals surface area contributed by atoms with Crippen LogP contribution in [0.5, 0.6) is 0 Å². The van der Waals surface area contributed by atoms with Gasteiger partial charge in [-0.15, -0.1) is 16.8 Å². The molecule has 0 saturated heterocycles. The van der Waals surface area contributed by atoms with Gasteiger partial charge in [-0.3, -0.25) is 13.8 Å². The van der Waals surface area contributed by atoms with Gasteiger partial charge in [-0.2, -0.15) is 0 Å². The molecule has 3 rings (SSSR count). The molecule has 2 aromatic heterocycles. The number of hydrogen-bond acceptors (Lipinski definition) is 5. The number of hydrogen-bond donors (Lipinski definition) is 0. The number of nitrogens with zero attached hydrogens (tertiary/aromatic N) is 4. The smallest absolute Gasteiger partial charge is 0.262 e. The van der Waals surface area contributed by atoms with Gasteiger partial charge in [-0.25, -0.2) is 0 Å². The van der Waals surface area contributed by atoms with Crippen LogP contribution in [-0.4, -0.2) is 38.6 Å². The van der Waals surface area contributed by atoms with Crippen molar-refractivity contribution in [2.75, 3.05) is 19.5 Å². The van der Waals surface area contributed by atoms with Gasteiger partial charge < -0.3 is 4.74 Å². The quantitative estimate of drug-likeness (QED) is 0.378. The standard InChI is InChI=1S/C16H18N4O2S/c1-3-11-23-16-18-17-15-19(9-6-10-22-2)14(21)12-7-4-5-8-13(12)20(15)16/h3-5,7-8H,1,6,9-11H2,2H3. The molecule has 0 N–H and O–H groups in total. The van der Waals surface area contributed by atoms with Gasteiger partial charge in [0.25, 0.3) is 5.56 Å². The van der Waals surface area contributed by atoms with Crippen molar-refractivity contribution in [2.45, 2.75) is 18.1 Å². The van der Waals surface area contributed by atoms with Crippen molar-refractivity contribution < 1.29 is 4.74 Å². The van der Waals surface area contributed by atoms with Crippen LogP contribution in [0, 0.1) is 0 Å². The topological polar surface area (TPSA) is 61.4 Å². The molecule has 23 heavy (non-hydrogen) atoms. The predicted molar refractivity (Wildman–Crippen MR) is 92.2 cm³/mol. The van der Waals surface area contributed by atoms with E-state index in [4.69, 9.17) is 4.74 Å². The summed E-state index contributed by atoms with van der Waals surface area (Å²) >= 11 is 1.55. The molecule has 0 aliphatic carbocycles. The number of aromatic nitrogens is 4. The Kier molecular flexibility index (Phi) is 4.78. The number of fused-ring (bicyclic) bond motifs is 3. The Labute approximate surface area is 137 Å². The van der Waals surface area contributed by atoms with Crippen LogP contribution < -0.4 is 5.56 Å². The lowest BCUT2D eigenvalue weighted by Gasteiger charge is -2.10. The third kappa shape index (κ3) is 2.89. The summed E-state index contributed by atoms with van der Waals surface area (Å²) in [7, 11) is 1.65. The largest absolute Gasteiger partial charge is 0.385 e. The molecule has 0 bridgehead atoms. The lowest BCUT2D eigenvalue weighted by atomic mass is 10.2. The minimum Gasteiger partial charge on any atom is -0.385 e. The molecule has 0 saturated carbocycles. The van der Waals surface area contributed by atoms with E-state index in [0.717, 1.165) is 22.8 Å². The highest BCUT2D eigenvalue weighted by atomic mass is 32.2. The number of methoxy groups -OCH3 is 1. The van der Waals surface area contributed by atoms with Crippen molar-refractivity contribution in [3.8, 4) is 0 Å². The van der Waals surface area contributed by atoms with Crippen molar-refractivity contribution in [1.82, 2.24) is 19.2 Å². The monoisotopic (exact) mass is 330 g/mol. The van der Waals surface area contributed by atoms with E-state index in [2.05, 4.69) is 16.8 Å². The number of aryl methyl sites for hydroxylation is 1. The van der Waals surface area contributed by atoms with Crippen molar-refractivity contribution in [3.63, 3.8) is 0 Å². The molecule has 0 aliphatic heterocycles. The zero-order valence-electron chi connectivity index (χ0n) is 12.9. The molecule has 6 nitrogen and oxygen atoms in total. The van der Waals surface area contributed by atoms with E-state index in [9.17, 15) is 4.79 Å². The molecule has 120 valence electrons. The predicted octanol–water partition coefficient (Wildman–Crippen LogP) is 2.36. The van der Waals surface area contributed by atoms with Crippen LogP contribution in [0.4, 0.5) is 0 Å². The van der Waals surface area contributed by atoms with Gasteiger partial charge in [0.15, 0.2) is 5.16 Å². The molecule has 1 aromatic carbocycles. The first-order valence-electron chi connectivity index (χ1n) is 7.37. The molecule has 0 spiro atoms. The maximum absolute atomic E-state index is 12.8. The number of rotatable bonds is 7. The average molecular weight is 330 g/mol. The Hall–Kier alpha value is -2.12. The molecule has 0 unspecified atom stereocenters. The maximum Gasteiger partial charge on any atom is 0.262 e. The van der Waals surface area contributed by atoms with E-state index in [-0.39, 0.29) is 5.56 Å². The third-order valence-electron chi connectivity index (χ3n) is 3.54. The van der Waals surface area contributed by atoms with Crippen molar-refractivity contribution in [1.29, 1.82) is 0 Å². The number of thioether (sulfide) groups is 1. The molecule has 0 fully saturated rings. The average Bonchev–Trinajstić information content (AvgIpc) is 3.00. The second-order valence-electron chi connectivity index (χ2n) is 5.04. The van der Waals surface area contributed by atoms with Crippen molar-refractivity contribution in [3.05, 3.63) is 47.3 Å². The van der Waals surface area contributed by atoms with Gasteiger partial charge in [-0.05, 0) is 18.6 Å². The van der Waals surface area contributed by atoms with E-state index < -0.39 is 0 Å². The lowest BCUT2D eigenvalue weighted by molar-refractivity contribution is 0.190. The summed E-state index contributed by atoms with van der Waals surface area (Å²) in [6.07, 6.45) is 2.56. The fourth-order valence-corrected chi connectivity index (χ4v) is 3.20. The van der Waals surface area contributed by atoms with Crippen LogP contribution in [0.15, 0.2) is 46.9 Å². The fourth-order valence-electron chi connectivity index (χ4n) is 2.53. The highest BCUT2D eigenvalue weighted by molar-refractivity contribution is 7.99. The summed E-state index contributed by atoms with van der Waals surface area (Å²) in [6, 6.07) is 7.55. The Morgan fingerprint density at radius 2 is 2.17 bits per heavy atom. The van der Waals surface area contributed by atoms with Crippen LogP contribution in [-0.2, 0) is 11.3 Å². The van der Waals surface area contributed by atoms with E-state index in [0.29, 0.717) is 24.3 Å². The van der Waals surface area contributed by atoms with Crippen LogP contribution in [0.25, 0.3) is 16.7 Å². The molecule has 0 amide bonds. The van der Waals surface area contributed by atoms with Crippen molar-refractivity contribution >= 4 is 28.4 Å².